The van der Waals surface area contributed by atoms with Crippen LogP contribution in [-0.2, 0) is 0 Å². The van der Waals surface area contributed by atoms with Crippen LogP contribution in [-0.4, -0.2) is 28.9 Å². The van der Waals surface area contributed by atoms with E-state index in [1.165, 1.54) is 0 Å². The van der Waals surface area contributed by atoms with E-state index in [1.807, 2.05) is 13.8 Å². The fraction of sp³-hybridized carbons (Fsp3) is 0.778. The molecule has 0 aromatic rings. The summed E-state index contributed by atoms with van der Waals surface area (Å²) in [5, 5.41) is 0. The zero-order valence-electron chi connectivity index (χ0n) is 8.50. The third-order valence-electron chi connectivity index (χ3n) is 2.65. The van der Waals surface area contributed by atoms with Crippen LogP contribution >= 0.6 is 0 Å². The van der Waals surface area contributed by atoms with Crippen LogP contribution < -0.4 is 5.73 Å². The Balaban J connectivity index is 2.93. The van der Waals surface area contributed by atoms with Crippen molar-refractivity contribution in [3.8, 4) is 0 Å². The molecular weight excluding hydrogens is 166 g/mol. The lowest BCUT2D eigenvalue weighted by atomic mass is 9.94. The van der Waals surface area contributed by atoms with E-state index in [4.69, 9.17) is 5.73 Å². The first-order valence-electron chi connectivity index (χ1n) is 4.72. The van der Waals surface area contributed by atoms with E-state index in [0.29, 0.717) is 12.4 Å². The Morgan fingerprint density at radius 1 is 1.54 bits per heavy atom. The lowest BCUT2D eigenvalue weighted by Crippen LogP contribution is -2.51. The second-order valence-electron chi connectivity index (χ2n) is 3.55. The molecule has 74 valence electrons. The van der Waals surface area contributed by atoms with Gasteiger partial charge in [0.2, 0.25) is 0 Å². The number of hydrogen-bond acceptors (Lipinski definition) is 2. The summed E-state index contributed by atoms with van der Waals surface area (Å²) >= 11 is 0. The molecule has 0 saturated heterocycles. The predicted octanol–water partition coefficient (Wildman–Crippen LogP) is 1.36. The van der Waals surface area contributed by atoms with E-state index in [2.05, 4.69) is 11.9 Å². The first kappa shape index (κ1) is 10.0. The standard InChI is InChI=1S/C9H17N3O/c1-4-6-9(3)7(10)11-8(13)12(9)5-2/h4-6H2,1-3H3,(H2,10,11,13). The Labute approximate surface area is 78.8 Å². The highest BCUT2D eigenvalue weighted by Crippen LogP contribution is 2.27. The number of nitrogens with zero attached hydrogens (tertiary/aromatic N) is 2. The zero-order valence-corrected chi connectivity index (χ0v) is 8.50. The average Bonchev–Trinajstić information content (AvgIpc) is 2.24. The number of aliphatic imine (C=N–C) groups is 1. The highest BCUT2D eigenvalue weighted by molar-refractivity contribution is 6.05. The van der Waals surface area contributed by atoms with Crippen LogP contribution in [0.1, 0.15) is 33.6 Å². The summed E-state index contributed by atoms with van der Waals surface area (Å²) in [5.74, 6) is 0.459. The zero-order chi connectivity index (χ0) is 10.1. The van der Waals surface area contributed by atoms with Crippen molar-refractivity contribution in [2.75, 3.05) is 6.54 Å². The van der Waals surface area contributed by atoms with Crippen LogP contribution in [0.5, 0.6) is 0 Å². The third-order valence-corrected chi connectivity index (χ3v) is 2.65. The maximum atomic E-state index is 11.4. The molecule has 1 rings (SSSR count). The summed E-state index contributed by atoms with van der Waals surface area (Å²) in [6, 6.07) is -0.198. The number of carbonyl (C=O) groups excluding carboxylic acids is 1. The molecule has 1 aliphatic heterocycles. The van der Waals surface area contributed by atoms with Crippen LogP contribution in [0, 0.1) is 0 Å². The number of nitrogens with two attached hydrogens (primary N) is 1. The largest absolute Gasteiger partial charge is 0.385 e. The van der Waals surface area contributed by atoms with Gasteiger partial charge in [0.15, 0.2) is 0 Å². The van der Waals surface area contributed by atoms with Crippen molar-refractivity contribution in [3.05, 3.63) is 0 Å². The number of amides is 2. The molecule has 4 nitrogen and oxygen atoms in total. The van der Waals surface area contributed by atoms with E-state index in [0.717, 1.165) is 12.8 Å². The summed E-state index contributed by atoms with van der Waals surface area (Å²) in [7, 11) is 0. The highest BCUT2D eigenvalue weighted by Gasteiger charge is 2.42. The van der Waals surface area contributed by atoms with Gasteiger partial charge in [-0.3, -0.25) is 0 Å². The lowest BCUT2D eigenvalue weighted by Gasteiger charge is -2.33. The van der Waals surface area contributed by atoms with Gasteiger partial charge in [-0.15, -0.1) is 0 Å². The molecule has 1 aliphatic rings. The molecule has 1 heterocycles. The van der Waals surface area contributed by atoms with Crippen LogP contribution in [0.25, 0.3) is 0 Å². The van der Waals surface area contributed by atoms with E-state index in [-0.39, 0.29) is 11.6 Å². The van der Waals surface area contributed by atoms with Crippen LogP contribution in [0.4, 0.5) is 4.79 Å². The van der Waals surface area contributed by atoms with Crippen LogP contribution in [0.15, 0.2) is 4.99 Å². The molecule has 0 aliphatic carbocycles. The quantitative estimate of drug-likeness (QED) is 0.718. The number of likely N-dealkylation sites (N-methyl/N-ethyl adjacent to an activating group) is 1. The Kier molecular flexibility index (Phi) is 2.59. The van der Waals surface area contributed by atoms with Gasteiger partial charge < -0.3 is 10.6 Å². The minimum absolute atomic E-state index is 0.198. The predicted molar refractivity (Wildman–Crippen MR) is 52.7 cm³/mol. The summed E-state index contributed by atoms with van der Waals surface area (Å²) in [6.45, 7) is 6.67. The molecular formula is C9H17N3O. The topological polar surface area (TPSA) is 58.7 Å². The molecule has 0 radical (unpaired) electrons. The van der Waals surface area contributed by atoms with Crippen molar-refractivity contribution < 1.29 is 4.79 Å². The van der Waals surface area contributed by atoms with E-state index in [1.54, 1.807) is 4.90 Å². The summed E-state index contributed by atoms with van der Waals surface area (Å²) in [5.41, 5.74) is 5.40. The van der Waals surface area contributed by atoms with Crippen molar-refractivity contribution >= 4 is 11.9 Å². The number of rotatable bonds is 3. The van der Waals surface area contributed by atoms with Crippen molar-refractivity contribution in [2.45, 2.75) is 39.2 Å². The number of carbonyl (C=O) groups is 1. The van der Waals surface area contributed by atoms with Crippen molar-refractivity contribution in [1.82, 2.24) is 4.90 Å². The Hall–Kier alpha value is -1.06. The molecule has 0 saturated carbocycles. The van der Waals surface area contributed by atoms with Gasteiger partial charge in [0.25, 0.3) is 0 Å². The fourth-order valence-corrected chi connectivity index (χ4v) is 1.87. The first-order chi connectivity index (χ1) is 6.06. The second-order valence-corrected chi connectivity index (χ2v) is 3.55. The van der Waals surface area contributed by atoms with Crippen molar-refractivity contribution in [1.29, 1.82) is 0 Å². The van der Waals surface area contributed by atoms with Gasteiger partial charge in [-0.05, 0) is 20.3 Å². The van der Waals surface area contributed by atoms with Gasteiger partial charge >= 0.3 is 6.03 Å². The monoisotopic (exact) mass is 183 g/mol. The minimum atomic E-state index is -0.347. The Morgan fingerprint density at radius 3 is 2.62 bits per heavy atom. The van der Waals surface area contributed by atoms with Crippen molar-refractivity contribution in [3.63, 3.8) is 0 Å². The van der Waals surface area contributed by atoms with E-state index < -0.39 is 0 Å². The molecule has 0 fully saturated rings. The Morgan fingerprint density at radius 2 is 2.15 bits per heavy atom. The second kappa shape index (κ2) is 3.36. The highest BCUT2D eigenvalue weighted by atomic mass is 16.2. The van der Waals surface area contributed by atoms with Gasteiger partial charge in [-0.25, -0.2) is 4.79 Å². The third kappa shape index (κ3) is 1.41. The molecule has 0 aromatic carbocycles. The molecule has 0 aromatic heterocycles. The van der Waals surface area contributed by atoms with Gasteiger partial charge in [0.1, 0.15) is 5.84 Å². The number of hydrogen-bond donors (Lipinski definition) is 1. The normalized spacial score (nSPS) is 28.1. The average molecular weight is 183 g/mol. The van der Waals surface area contributed by atoms with Gasteiger partial charge in [0, 0.05) is 6.54 Å². The first-order valence-corrected chi connectivity index (χ1v) is 4.72. The van der Waals surface area contributed by atoms with E-state index in [9.17, 15) is 4.79 Å². The molecule has 1 unspecified atom stereocenters. The maximum absolute atomic E-state index is 11.4. The van der Waals surface area contributed by atoms with Crippen LogP contribution in [0.2, 0.25) is 0 Å². The molecule has 0 bridgehead atoms. The van der Waals surface area contributed by atoms with Crippen molar-refractivity contribution in [2.24, 2.45) is 10.7 Å². The molecule has 13 heavy (non-hydrogen) atoms. The SMILES string of the molecule is CCCC1(C)C(N)=NC(=O)N1CC. The minimum Gasteiger partial charge on any atom is -0.385 e. The molecule has 2 amide bonds. The van der Waals surface area contributed by atoms with Crippen LogP contribution in [0.3, 0.4) is 0 Å². The summed E-state index contributed by atoms with van der Waals surface area (Å²) in [6.07, 6.45) is 1.87. The number of amidine groups is 1. The van der Waals surface area contributed by atoms with E-state index >= 15 is 0 Å². The summed E-state index contributed by atoms with van der Waals surface area (Å²) in [4.78, 5) is 16.9. The smallest absolute Gasteiger partial charge is 0.346 e. The van der Waals surface area contributed by atoms with Gasteiger partial charge in [0.05, 0.1) is 5.54 Å². The summed E-state index contributed by atoms with van der Waals surface area (Å²) < 4.78 is 0. The lowest BCUT2D eigenvalue weighted by molar-refractivity contribution is 0.178. The van der Waals surface area contributed by atoms with Gasteiger partial charge in [-0.1, -0.05) is 13.3 Å². The van der Waals surface area contributed by atoms with Gasteiger partial charge in [-0.2, -0.15) is 4.99 Å². The fourth-order valence-electron chi connectivity index (χ4n) is 1.87. The molecule has 0 spiro atoms. The molecule has 1 atom stereocenters. The Bertz CT molecular complexity index is 249. The molecule has 4 heteroatoms. The number of urea groups is 1. The molecule has 2 N–H and O–H groups in total. The maximum Gasteiger partial charge on any atom is 0.346 e.